The molecule has 0 aliphatic heterocycles. The lowest BCUT2D eigenvalue weighted by molar-refractivity contribution is 0.475. The number of aromatic hydroxyl groups is 1. The van der Waals surface area contributed by atoms with Gasteiger partial charge in [0.1, 0.15) is 5.75 Å². The molecule has 0 unspecified atom stereocenters. The van der Waals surface area contributed by atoms with E-state index in [0.717, 1.165) is 12.0 Å². The van der Waals surface area contributed by atoms with Crippen molar-refractivity contribution in [3.05, 3.63) is 59.7 Å². The summed E-state index contributed by atoms with van der Waals surface area (Å²) in [6, 6.07) is 13.8. The first-order chi connectivity index (χ1) is 7.83. The van der Waals surface area contributed by atoms with Crippen molar-refractivity contribution in [2.45, 2.75) is 6.42 Å². The standard InChI is InChI=1S/C15H12O/c16-15-8-6-12(7-9-15)14-5-4-11-2-1-3-13(11)10-14/h1,3-10,16H,2H2. The molecule has 1 nitrogen and oxygen atoms in total. The molecule has 78 valence electrons. The predicted octanol–water partition coefficient (Wildman–Crippen LogP) is 3.63. The van der Waals surface area contributed by atoms with Gasteiger partial charge in [0, 0.05) is 0 Å². The smallest absolute Gasteiger partial charge is 0.115 e. The maximum Gasteiger partial charge on any atom is 0.115 e. The molecule has 2 aromatic carbocycles. The van der Waals surface area contributed by atoms with E-state index in [4.69, 9.17) is 0 Å². The minimum absolute atomic E-state index is 0.310. The van der Waals surface area contributed by atoms with Crippen LogP contribution in [0.25, 0.3) is 17.2 Å². The van der Waals surface area contributed by atoms with Gasteiger partial charge < -0.3 is 5.11 Å². The second kappa shape index (κ2) is 3.53. The molecule has 0 saturated carbocycles. The van der Waals surface area contributed by atoms with Crippen molar-refractivity contribution in [1.29, 1.82) is 0 Å². The van der Waals surface area contributed by atoms with Gasteiger partial charge in [0.05, 0.1) is 0 Å². The van der Waals surface area contributed by atoms with Crippen LogP contribution in [0.1, 0.15) is 11.1 Å². The fourth-order valence-electron chi connectivity index (χ4n) is 2.08. The molecule has 1 N–H and O–H groups in total. The van der Waals surface area contributed by atoms with Crippen LogP contribution in [0.3, 0.4) is 0 Å². The summed E-state index contributed by atoms with van der Waals surface area (Å²) in [5.41, 5.74) is 5.04. The number of allylic oxidation sites excluding steroid dienone is 1. The van der Waals surface area contributed by atoms with Crippen LogP contribution in [0.4, 0.5) is 0 Å². The minimum atomic E-state index is 0.310. The molecule has 0 heterocycles. The Hall–Kier alpha value is -2.02. The summed E-state index contributed by atoms with van der Waals surface area (Å²) >= 11 is 0. The number of phenols is 1. The van der Waals surface area contributed by atoms with Crippen molar-refractivity contribution in [3.63, 3.8) is 0 Å². The van der Waals surface area contributed by atoms with E-state index in [0.29, 0.717) is 5.75 Å². The number of rotatable bonds is 1. The molecule has 0 aromatic heterocycles. The molecule has 0 radical (unpaired) electrons. The van der Waals surface area contributed by atoms with Crippen molar-refractivity contribution < 1.29 is 5.11 Å². The monoisotopic (exact) mass is 208 g/mol. The van der Waals surface area contributed by atoms with Gasteiger partial charge in [0.25, 0.3) is 0 Å². The molecule has 3 rings (SSSR count). The van der Waals surface area contributed by atoms with E-state index in [1.54, 1.807) is 12.1 Å². The second-order valence-electron chi connectivity index (χ2n) is 4.07. The highest BCUT2D eigenvalue weighted by Crippen LogP contribution is 2.27. The number of benzene rings is 2. The number of hydrogen-bond donors (Lipinski definition) is 1. The summed E-state index contributed by atoms with van der Waals surface area (Å²) in [5, 5.41) is 9.25. The van der Waals surface area contributed by atoms with Crippen LogP contribution in [-0.2, 0) is 6.42 Å². The molecular weight excluding hydrogens is 196 g/mol. The molecule has 16 heavy (non-hydrogen) atoms. The van der Waals surface area contributed by atoms with Crippen LogP contribution < -0.4 is 0 Å². The van der Waals surface area contributed by atoms with Gasteiger partial charge in [-0.2, -0.15) is 0 Å². The highest BCUT2D eigenvalue weighted by atomic mass is 16.3. The van der Waals surface area contributed by atoms with E-state index in [1.807, 2.05) is 12.1 Å². The maximum atomic E-state index is 9.25. The van der Waals surface area contributed by atoms with E-state index in [2.05, 4.69) is 30.4 Å². The van der Waals surface area contributed by atoms with Gasteiger partial charge in [-0.25, -0.2) is 0 Å². The molecular formula is C15H12O. The minimum Gasteiger partial charge on any atom is -0.508 e. The van der Waals surface area contributed by atoms with E-state index in [-0.39, 0.29) is 0 Å². The van der Waals surface area contributed by atoms with Crippen molar-refractivity contribution in [3.8, 4) is 16.9 Å². The van der Waals surface area contributed by atoms with Crippen LogP contribution in [0.5, 0.6) is 5.75 Å². The van der Waals surface area contributed by atoms with Gasteiger partial charge in [-0.05, 0) is 46.9 Å². The van der Waals surface area contributed by atoms with Crippen LogP contribution in [0, 0.1) is 0 Å². The molecule has 1 aliphatic carbocycles. The second-order valence-corrected chi connectivity index (χ2v) is 4.07. The summed E-state index contributed by atoms with van der Waals surface area (Å²) in [6.45, 7) is 0. The van der Waals surface area contributed by atoms with E-state index in [9.17, 15) is 5.11 Å². The van der Waals surface area contributed by atoms with Gasteiger partial charge >= 0.3 is 0 Å². The Bertz CT molecular complexity index is 550. The summed E-state index contributed by atoms with van der Waals surface area (Å²) in [4.78, 5) is 0. The van der Waals surface area contributed by atoms with Crippen LogP contribution in [0.2, 0.25) is 0 Å². The Morgan fingerprint density at radius 1 is 0.875 bits per heavy atom. The highest BCUT2D eigenvalue weighted by molar-refractivity contribution is 5.71. The Morgan fingerprint density at radius 2 is 1.62 bits per heavy atom. The van der Waals surface area contributed by atoms with E-state index >= 15 is 0 Å². The van der Waals surface area contributed by atoms with Gasteiger partial charge in [-0.15, -0.1) is 0 Å². The first-order valence-electron chi connectivity index (χ1n) is 5.42. The van der Waals surface area contributed by atoms with Gasteiger partial charge in [-0.1, -0.05) is 36.4 Å². The molecule has 1 heteroatoms. The number of phenolic OH excluding ortho intramolecular Hbond substituents is 1. The quantitative estimate of drug-likeness (QED) is 0.758. The molecule has 0 fully saturated rings. The normalized spacial score (nSPS) is 12.8. The van der Waals surface area contributed by atoms with Gasteiger partial charge in [0.2, 0.25) is 0 Å². The molecule has 1 aliphatic rings. The number of hydrogen-bond acceptors (Lipinski definition) is 1. The van der Waals surface area contributed by atoms with Crippen LogP contribution in [-0.4, -0.2) is 5.11 Å². The molecule has 0 spiro atoms. The Morgan fingerprint density at radius 3 is 2.44 bits per heavy atom. The summed E-state index contributed by atoms with van der Waals surface area (Å²) in [5.74, 6) is 0.310. The predicted molar refractivity (Wildman–Crippen MR) is 66.3 cm³/mol. The fourth-order valence-corrected chi connectivity index (χ4v) is 2.08. The third-order valence-corrected chi connectivity index (χ3v) is 2.98. The average Bonchev–Trinajstić information content (AvgIpc) is 2.77. The fraction of sp³-hybridized carbons (Fsp3) is 0.0667. The van der Waals surface area contributed by atoms with E-state index < -0.39 is 0 Å². The van der Waals surface area contributed by atoms with Crippen LogP contribution in [0.15, 0.2) is 48.5 Å². The Labute approximate surface area is 94.7 Å². The largest absolute Gasteiger partial charge is 0.508 e. The zero-order valence-electron chi connectivity index (χ0n) is 8.85. The van der Waals surface area contributed by atoms with Gasteiger partial charge in [0.15, 0.2) is 0 Å². The zero-order chi connectivity index (χ0) is 11.0. The SMILES string of the molecule is Oc1ccc(-c2ccc3c(c2)C=CC3)cc1. The van der Waals surface area contributed by atoms with Crippen molar-refractivity contribution >= 4 is 6.08 Å². The first kappa shape index (κ1) is 9.22. The Kier molecular flexibility index (Phi) is 2.03. The Balaban J connectivity index is 2.07. The van der Waals surface area contributed by atoms with Crippen molar-refractivity contribution in [2.75, 3.05) is 0 Å². The molecule has 0 saturated heterocycles. The topological polar surface area (TPSA) is 20.2 Å². The third-order valence-electron chi connectivity index (χ3n) is 2.98. The lowest BCUT2D eigenvalue weighted by Gasteiger charge is -2.05. The lowest BCUT2D eigenvalue weighted by atomic mass is 10.0. The zero-order valence-corrected chi connectivity index (χ0v) is 8.85. The third kappa shape index (κ3) is 1.50. The maximum absolute atomic E-state index is 9.25. The molecule has 0 atom stereocenters. The summed E-state index contributed by atoms with van der Waals surface area (Å²) in [7, 11) is 0. The van der Waals surface area contributed by atoms with Crippen molar-refractivity contribution in [1.82, 2.24) is 0 Å². The molecule has 2 aromatic rings. The summed E-state index contributed by atoms with van der Waals surface area (Å²) in [6.07, 6.45) is 5.40. The lowest BCUT2D eigenvalue weighted by Crippen LogP contribution is -1.83. The van der Waals surface area contributed by atoms with Gasteiger partial charge in [-0.3, -0.25) is 0 Å². The average molecular weight is 208 g/mol. The van der Waals surface area contributed by atoms with Crippen LogP contribution >= 0.6 is 0 Å². The molecule has 0 amide bonds. The number of fused-ring (bicyclic) bond motifs is 1. The van der Waals surface area contributed by atoms with E-state index in [1.165, 1.54) is 16.7 Å². The highest BCUT2D eigenvalue weighted by Gasteiger charge is 2.06. The summed E-state index contributed by atoms with van der Waals surface area (Å²) < 4.78 is 0. The van der Waals surface area contributed by atoms with Crippen molar-refractivity contribution in [2.24, 2.45) is 0 Å². The molecule has 0 bridgehead atoms. The first-order valence-corrected chi connectivity index (χ1v) is 5.42.